The first-order chi connectivity index (χ1) is 14.2. The van der Waals surface area contributed by atoms with Gasteiger partial charge in [0.2, 0.25) is 5.91 Å². The first-order valence-corrected chi connectivity index (χ1v) is 9.78. The molecule has 0 unspecified atom stereocenters. The molecule has 0 radical (unpaired) electrons. The van der Waals surface area contributed by atoms with Crippen LogP contribution in [0.25, 0.3) is 0 Å². The maximum atomic E-state index is 12.8. The molecule has 3 aromatic rings. The number of nitrogens with one attached hydrogen (secondary N) is 2. The summed E-state index contributed by atoms with van der Waals surface area (Å²) < 4.78 is 38.5. The topological polar surface area (TPSA) is 71.1 Å². The highest BCUT2D eigenvalue weighted by Crippen LogP contribution is 2.30. The van der Waals surface area contributed by atoms with Crippen LogP contribution >= 0.6 is 11.3 Å². The number of hydrogen-bond donors (Lipinski definition) is 2. The molecule has 0 aliphatic carbocycles. The average Bonchev–Trinajstić information content (AvgIpc) is 3.12. The molecule has 3 rings (SSSR count). The van der Waals surface area contributed by atoms with Gasteiger partial charge in [-0.05, 0) is 30.7 Å². The van der Waals surface area contributed by atoms with Gasteiger partial charge in [-0.2, -0.15) is 13.2 Å². The Hall–Kier alpha value is -3.20. The van der Waals surface area contributed by atoms with Gasteiger partial charge in [0.05, 0.1) is 12.1 Å². The van der Waals surface area contributed by atoms with Crippen molar-refractivity contribution in [1.29, 1.82) is 0 Å². The van der Waals surface area contributed by atoms with Crippen LogP contribution in [-0.2, 0) is 17.4 Å². The molecule has 2 amide bonds. The molecule has 30 heavy (non-hydrogen) atoms. The van der Waals surface area contributed by atoms with E-state index in [4.69, 9.17) is 0 Å². The average molecular weight is 433 g/mol. The Morgan fingerprint density at radius 3 is 2.60 bits per heavy atom. The van der Waals surface area contributed by atoms with Crippen molar-refractivity contribution in [3.63, 3.8) is 0 Å². The van der Waals surface area contributed by atoms with Gasteiger partial charge >= 0.3 is 6.18 Å². The van der Waals surface area contributed by atoms with Gasteiger partial charge in [0.25, 0.3) is 5.91 Å². The van der Waals surface area contributed by atoms with Gasteiger partial charge in [0.15, 0.2) is 5.13 Å². The lowest BCUT2D eigenvalue weighted by Gasteiger charge is -2.08. The maximum absolute atomic E-state index is 12.8. The highest BCUT2D eigenvalue weighted by Gasteiger charge is 2.30. The van der Waals surface area contributed by atoms with E-state index in [-0.39, 0.29) is 18.9 Å². The van der Waals surface area contributed by atoms with E-state index >= 15 is 0 Å². The third-order valence-corrected chi connectivity index (χ3v) is 5.04. The number of anilines is 1. The number of amides is 2. The van der Waals surface area contributed by atoms with E-state index < -0.39 is 17.6 Å². The lowest BCUT2D eigenvalue weighted by molar-refractivity contribution is -0.137. The minimum atomic E-state index is -4.40. The fourth-order valence-electron chi connectivity index (χ4n) is 2.72. The van der Waals surface area contributed by atoms with E-state index in [1.807, 2.05) is 13.0 Å². The molecule has 0 atom stereocenters. The Balaban J connectivity index is 1.54. The summed E-state index contributed by atoms with van der Waals surface area (Å²) in [6.45, 7) is 1.64. The van der Waals surface area contributed by atoms with Crippen LogP contribution in [0, 0.1) is 6.92 Å². The third kappa shape index (κ3) is 5.90. The number of benzene rings is 2. The molecule has 5 nitrogen and oxygen atoms in total. The second kappa shape index (κ2) is 9.08. The molecule has 9 heteroatoms. The van der Waals surface area contributed by atoms with Crippen LogP contribution in [0.2, 0.25) is 0 Å². The molecule has 0 aliphatic rings. The zero-order valence-electron chi connectivity index (χ0n) is 15.9. The van der Waals surface area contributed by atoms with E-state index in [9.17, 15) is 22.8 Å². The number of aryl methyl sites for hydroxylation is 1. The molecule has 156 valence electrons. The van der Waals surface area contributed by atoms with Gasteiger partial charge in [-0.1, -0.05) is 35.9 Å². The molecule has 0 spiro atoms. The van der Waals surface area contributed by atoms with Crippen molar-refractivity contribution in [2.75, 3.05) is 11.9 Å². The molecule has 0 bridgehead atoms. The predicted octanol–water partition coefficient (Wildman–Crippen LogP) is 4.43. The maximum Gasteiger partial charge on any atom is 0.416 e. The molecule has 1 aromatic heterocycles. The van der Waals surface area contributed by atoms with E-state index in [0.29, 0.717) is 21.1 Å². The largest absolute Gasteiger partial charge is 0.416 e. The predicted molar refractivity (Wildman–Crippen MR) is 109 cm³/mol. The van der Waals surface area contributed by atoms with Crippen LogP contribution in [-0.4, -0.2) is 23.3 Å². The summed E-state index contributed by atoms with van der Waals surface area (Å²) in [6.07, 6.45) is -2.63. The number of alkyl halides is 3. The first kappa shape index (κ1) is 21.5. The van der Waals surface area contributed by atoms with Crippen LogP contribution in [0.15, 0.2) is 54.7 Å². The van der Waals surface area contributed by atoms with Crippen molar-refractivity contribution in [3.8, 4) is 0 Å². The number of carbonyl (C=O) groups is 2. The summed E-state index contributed by atoms with van der Waals surface area (Å²) >= 11 is 1.16. The zero-order chi connectivity index (χ0) is 21.7. The molecule has 2 N–H and O–H groups in total. The highest BCUT2D eigenvalue weighted by atomic mass is 32.1. The number of nitrogens with zero attached hydrogens (tertiary/aromatic N) is 1. The Morgan fingerprint density at radius 1 is 1.10 bits per heavy atom. The van der Waals surface area contributed by atoms with Crippen molar-refractivity contribution in [2.24, 2.45) is 0 Å². The summed E-state index contributed by atoms with van der Waals surface area (Å²) in [7, 11) is 0. The smallest absolute Gasteiger partial charge is 0.343 e. The lowest BCUT2D eigenvalue weighted by atomic mass is 10.1. The molecule has 1 heterocycles. The molecule has 2 aromatic carbocycles. The Morgan fingerprint density at radius 2 is 1.87 bits per heavy atom. The minimum absolute atomic E-state index is 0.227. The van der Waals surface area contributed by atoms with Crippen molar-refractivity contribution in [3.05, 3.63) is 81.9 Å². The van der Waals surface area contributed by atoms with E-state index in [1.54, 1.807) is 24.3 Å². The van der Waals surface area contributed by atoms with Crippen LogP contribution in [0.4, 0.5) is 18.3 Å². The van der Waals surface area contributed by atoms with E-state index in [2.05, 4.69) is 15.6 Å². The third-order valence-electron chi connectivity index (χ3n) is 4.12. The van der Waals surface area contributed by atoms with Crippen LogP contribution in [0.1, 0.15) is 31.9 Å². The van der Waals surface area contributed by atoms with Crippen molar-refractivity contribution in [2.45, 2.75) is 19.5 Å². The number of halogens is 3. The van der Waals surface area contributed by atoms with Gasteiger partial charge < -0.3 is 10.6 Å². The Kier molecular flexibility index (Phi) is 6.51. The lowest BCUT2D eigenvalue weighted by Crippen LogP contribution is -2.32. The fourth-order valence-corrected chi connectivity index (χ4v) is 3.58. The van der Waals surface area contributed by atoms with Crippen molar-refractivity contribution >= 4 is 28.3 Å². The number of aromatic nitrogens is 1. The Bertz CT molecular complexity index is 1060. The van der Waals surface area contributed by atoms with Gasteiger partial charge in [-0.15, -0.1) is 11.3 Å². The van der Waals surface area contributed by atoms with E-state index in [1.165, 1.54) is 12.3 Å². The van der Waals surface area contributed by atoms with E-state index in [0.717, 1.165) is 29.0 Å². The summed E-state index contributed by atoms with van der Waals surface area (Å²) in [5.74, 6) is -0.811. The van der Waals surface area contributed by atoms with Crippen molar-refractivity contribution < 1.29 is 22.8 Å². The normalized spacial score (nSPS) is 11.2. The summed E-state index contributed by atoms with van der Waals surface area (Å²) in [5.41, 5.74) is 1.18. The molecule has 0 saturated heterocycles. The van der Waals surface area contributed by atoms with Gasteiger partial charge in [0, 0.05) is 23.1 Å². The zero-order valence-corrected chi connectivity index (χ0v) is 16.7. The minimum Gasteiger partial charge on any atom is -0.343 e. The fraction of sp³-hybridized carbons (Fsp3) is 0.190. The summed E-state index contributed by atoms with van der Waals surface area (Å²) in [5, 5.41) is 5.42. The SMILES string of the molecule is Cc1cccc(C(=O)NCC(=O)Nc2ncc(Cc3cccc(C(F)(F)F)c3)s2)c1. The van der Waals surface area contributed by atoms with Gasteiger partial charge in [0.1, 0.15) is 0 Å². The molecule has 0 saturated carbocycles. The monoisotopic (exact) mass is 433 g/mol. The number of rotatable bonds is 6. The second-order valence-corrected chi connectivity index (χ2v) is 7.72. The van der Waals surface area contributed by atoms with Crippen molar-refractivity contribution in [1.82, 2.24) is 10.3 Å². The number of thiazole rings is 1. The number of carbonyl (C=O) groups excluding carboxylic acids is 2. The quantitative estimate of drug-likeness (QED) is 0.604. The standard InChI is InChI=1S/C21H18F3N3O2S/c1-13-4-2-6-15(8-13)19(29)25-12-18(28)27-20-26-11-17(30-20)10-14-5-3-7-16(9-14)21(22,23)24/h2-9,11H,10,12H2,1H3,(H,25,29)(H,26,27,28). The number of hydrogen-bond acceptors (Lipinski definition) is 4. The van der Waals surface area contributed by atoms with Crippen LogP contribution in [0.3, 0.4) is 0 Å². The summed E-state index contributed by atoms with van der Waals surface area (Å²) in [6, 6.07) is 12.1. The molecular formula is C21H18F3N3O2S. The Labute approximate surface area is 175 Å². The summed E-state index contributed by atoms with van der Waals surface area (Å²) in [4.78, 5) is 28.9. The molecule has 0 fully saturated rings. The second-order valence-electron chi connectivity index (χ2n) is 6.61. The molecule has 0 aliphatic heterocycles. The first-order valence-electron chi connectivity index (χ1n) is 8.96. The van der Waals surface area contributed by atoms with Crippen LogP contribution in [0.5, 0.6) is 0 Å². The van der Waals surface area contributed by atoms with Gasteiger partial charge in [-0.25, -0.2) is 4.98 Å². The van der Waals surface area contributed by atoms with Crippen LogP contribution < -0.4 is 10.6 Å². The van der Waals surface area contributed by atoms with Gasteiger partial charge in [-0.3, -0.25) is 9.59 Å². The highest BCUT2D eigenvalue weighted by molar-refractivity contribution is 7.15. The molecular weight excluding hydrogens is 415 g/mol.